The lowest BCUT2D eigenvalue weighted by atomic mass is 9.77. The zero-order valence-corrected chi connectivity index (χ0v) is 10.8. The molecular weight excluding hydrogens is 202 g/mol. The highest BCUT2D eigenvalue weighted by Gasteiger charge is 2.39. The molecule has 0 heterocycles. The van der Waals surface area contributed by atoms with E-state index in [0.29, 0.717) is 18.4 Å². The standard InChI is InChI=1S/C13H25NO2/c1-10(2)6-8-16-12(15)13(14)7-4-5-11(3)9-13/h10-11H,4-9,14H2,1-3H3. The molecule has 94 valence electrons. The Balaban J connectivity index is 2.39. The number of ether oxygens (including phenoxy) is 1. The summed E-state index contributed by atoms with van der Waals surface area (Å²) in [7, 11) is 0. The Bertz CT molecular complexity index is 240. The van der Waals surface area contributed by atoms with Crippen LogP contribution in [0.15, 0.2) is 0 Å². The third kappa shape index (κ3) is 3.78. The Morgan fingerprint density at radius 1 is 1.56 bits per heavy atom. The van der Waals surface area contributed by atoms with Gasteiger partial charge in [-0.25, -0.2) is 0 Å². The molecule has 0 aromatic rings. The second-order valence-corrected chi connectivity index (χ2v) is 5.68. The van der Waals surface area contributed by atoms with Crippen LogP contribution in [-0.2, 0) is 9.53 Å². The van der Waals surface area contributed by atoms with E-state index in [2.05, 4.69) is 20.8 Å². The van der Waals surface area contributed by atoms with Crippen molar-refractivity contribution in [3.8, 4) is 0 Å². The summed E-state index contributed by atoms with van der Waals surface area (Å²) in [5, 5.41) is 0. The lowest BCUT2D eigenvalue weighted by Crippen LogP contribution is -2.52. The number of rotatable bonds is 4. The van der Waals surface area contributed by atoms with Gasteiger partial charge in [0.25, 0.3) is 0 Å². The number of hydrogen-bond acceptors (Lipinski definition) is 3. The third-order valence-corrected chi connectivity index (χ3v) is 3.37. The lowest BCUT2D eigenvalue weighted by Gasteiger charge is -2.34. The van der Waals surface area contributed by atoms with Crippen LogP contribution in [0.4, 0.5) is 0 Å². The molecule has 2 atom stereocenters. The highest BCUT2D eigenvalue weighted by Crippen LogP contribution is 2.31. The number of hydrogen-bond donors (Lipinski definition) is 1. The molecule has 1 aliphatic rings. The van der Waals surface area contributed by atoms with Crippen molar-refractivity contribution in [3.05, 3.63) is 0 Å². The first kappa shape index (κ1) is 13.5. The molecule has 0 amide bonds. The van der Waals surface area contributed by atoms with Crippen LogP contribution in [0.5, 0.6) is 0 Å². The zero-order chi connectivity index (χ0) is 12.2. The summed E-state index contributed by atoms with van der Waals surface area (Å²) in [6.45, 7) is 6.90. The molecule has 0 saturated heterocycles. The van der Waals surface area contributed by atoms with E-state index in [9.17, 15) is 4.79 Å². The molecule has 0 aliphatic heterocycles. The summed E-state index contributed by atoms with van der Waals surface area (Å²) in [5.74, 6) is 0.905. The van der Waals surface area contributed by atoms with E-state index in [1.54, 1.807) is 0 Å². The van der Waals surface area contributed by atoms with E-state index in [1.165, 1.54) is 6.42 Å². The highest BCUT2D eigenvalue weighted by atomic mass is 16.5. The Morgan fingerprint density at radius 2 is 2.25 bits per heavy atom. The van der Waals surface area contributed by atoms with E-state index in [1.807, 2.05) is 0 Å². The molecule has 0 bridgehead atoms. The smallest absolute Gasteiger partial charge is 0.326 e. The quantitative estimate of drug-likeness (QED) is 0.751. The first-order valence-electron chi connectivity index (χ1n) is 6.40. The maximum Gasteiger partial charge on any atom is 0.326 e. The van der Waals surface area contributed by atoms with Gasteiger partial charge < -0.3 is 10.5 Å². The Hall–Kier alpha value is -0.570. The molecule has 1 aliphatic carbocycles. The minimum Gasteiger partial charge on any atom is -0.464 e. The molecule has 0 radical (unpaired) electrons. The number of carbonyl (C=O) groups is 1. The van der Waals surface area contributed by atoms with E-state index in [4.69, 9.17) is 10.5 Å². The molecule has 0 spiro atoms. The highest BCUT2D eigenvalue weighted by molar-refractivity contribution is 5.80. The number of nitrogens with two attached hydrogens (primary N) is 1. The SMILES string of the molecule is CC(C)CCOC(=O)C1(N)CCCC(C)C1. The van der Waals surface area contributed by atoms with E-state index >= 15 is 0 Å². The van der Waals surface area contributed by atoms with Crippen LogP contribution in [0.2, 0.25) is 0 Å². The van der Waals surface area contributed by atoms with Crippen molar-refractivity contribution >= 4 is 5.97 Å². The summed E-state index contributed by atoms with van der Waals surface area (Å²) in [5.41, 5.74) is 5.42. The first-order valence-corrected chi connectivity index (χ1v) is 6.40. The molecule has 3 nitrogen and oxygen atoms in total. The average Bonchev–Trinajstić information content (AvgIpc) is 2.16. The van der Waals surface area contributed by atoms with Gasteiger partial charge in [-0.2, -0.15) is 0 Å². The van der Waals surface area contributed by atoms with Gasteiger partial charge in [0.15, 0.2) is 0 Å². The summed E-state index contributed by atoms with van der Waals surface area (Å²) in [6, 6.07) is 0. The monoisotopic (exact) mass is 227 g/mol. The predicted molar refractivity (Wildman–Crippen MR) is 65.0 cm³/mol. The van der Waals surface area contributed by atoms with Crippen LogP contribution in [0.3, 0.4) is 0 Å². The average molecular weight is 227 g/mol. The van der Waals surface area contributed by atoms with Gasteiger partial charge in [-0.3, -0.25) is 4.79 Å². The molecular formula is C13H25NO2. The van der Waals surface area contributed by atoms with E-state index in [0.717, 1.165) is 25.7 Å². The molecule has 0 aromatic carbocycles. The molecule has 16 heavy (non-hydrogen) atoms. The van der Waals surface area contributed by atoms with Crippen LogP contribution in [-0.4, -0.2) is 18.1 Å². The van der Waals surface area contributed by atoms with Crippen LogP contribution in [0.25, 0.3) is 0 Å². The van der Waals surface area contributed by atoms with E-state index in [-0.39, 0.29) is 5.97 Å². The largest absolute Gasteiger partial charge is 0.464 e. The minimum absolute atomic E-state index is 0.195. The summed E-state index contributed by atoms with van der Waals surface area (Å²) < 4.78 is 5.28. The van der Waals surface area contributed by atoms with Gasteiger partial charge in [-0.1, -0.05) is 33.6 Å². The summed E-state index contributed by atoms with van der Waals surface area (Å²) >= 11 is 0. The molecule has 1 rings (SSSR count). The summed E-state index contributed by atoms with van der Waals surface area (Å²) in [6.07, 6.45) is 4.68. The van der Waals surface area contributed by atoms with Crippen LogP contribution < -0.4 is 5.73 Å². The predicted octanol–water partition coefficient (Wildman–Crippen LogP) is 2.48. The van der Waals surface area contributed by atoms with Gasteiger partial charge in [-0.15, -0.1) is 0 Å². The summed E-state index contributed by atoms with van der Waals surface area (Å²) in [4.78, 5) is 11.9. The van der Waals surface area contributed by atoms with Crippen LogP contribution in [0, 0.1) is 11.8 Å². The Labute approximate surface area is 98.7 Å². The molecule has 0 aromatic heterocycles. The van der Waals surface area contributed by atoms with Crippen molar-refractivity contribution in [1.29, 1.82) is 0 Å². The lowest BCUT2D eigenvalue weighted by molar-refractivity contribution is -0.152. The molecule has 3 heteroatoms. The second kappa shape index (κ2) is 5.67. The normalized spacial score (nSPS) is 30.4. The maximum absolute atomic E-state index is 11.9. The molecule has 1 fully saturated rings. The van der Waals surface area contributed by atoms with Crippen molar-refractivity contribution < 1.29 is 9.53 Å². The molecule has 2 unspecified atom stereocenters. The van der Waals surface area contributed by atoms with Crippen LogP contribution in [0.1, 0.15) is 52.9 Å². The fourth-order valence-electron chi connectivity index (χ4n) is 2.31. The van der Waals surface area contributed by atoms with Gasteiger partial charge in [0, 0.05) is 0 Å². The molecule has 2 N–H and O–H groups in total. The first-order chi connectivity index (χ1) is 7.44. The van der Waals surface area contributed by atoms with Crippen molar-refractivity contribution in [3.63, 3.8) is 0 Å². The minimum atomic E-state index is -0.714. The van der Waals surface area contributed by atoms with Gasteiger partial charge in [0.2, 0.25) is 0 Å². The third-order valence-electron chi connectivity index (χ3n) is 3.37. The fourth-order valence-corrected chi connectivity index (χ4v) is 2.31. The Kier molecular flexibility index (Phi) is 4.78. The van der Waals surface area contributed by atoms with Crippen molar-refractivity contribution in [2.24, 2.45) is 17.6 Å². The van der Waals surface area contributed by atoms with Crippen molar-refractivity contribution in [1.82, 2.24) is 0 Å². The van der Waals surface area contributed by atoms with Gasteiger partial charge in [0.1, 0.15) is 5.54 Å². The topological polar surface area (TPSA) is 52.3 Å². The van der Waals surface area contributed by atoms with Gasteiger partial charge in [-0.05, 0) is 31.1 Å². The zero-order valence-electron chi connectivity index (χ0n) is 10.8. The number of carbonyl (C=O) groups excluding carboxylic acids is 1. The second-order valence-electron chi connectivity index (χ2n) is 5.68. The molecule has 1 saturated carbocycles. The Morgan fingerprint density at radius 3 is 2.81 bits per heavy atom. The van der Waals surface area contributed by atoms with Gasteiger partial charge >= 0.3 is 5.97 Å². The fraction of sp³-hybridized carbons (Fsp3) is 0.923. The number of esters is 1. The maximum atomic E-state index is 11.9. The van der Waals surface area contributed by atoms with E-state index < -0.39 is 5.54 Å². The van der Waals surface area contributed by atoms with Gasteiger partial charge in [0.05, 0.1) is 6.61 Å². The van der Waals surface area contributed by atoms with Crippen molar-refractivity contribution in [2.45, 2.75) is 58.4 Å². The van der Waals surface area contributed by atoms with Crippen molar-refractivity contribution in [2.75, 3.05) is 6.61 Å². The van der Waals surface area contributed by atoms with Crippen LogP contribution >= 0.6 is 0 Å².